The molecule has 0 aromatic carbocycles. The van der Waals surface area contributed by atoms with E-state index in [1.165, 1.54) is 64.2 Å². The zero-order valence-electron chi connectivity index (χ0n) is 32.3. The van der Waals surface area contributed by atoms with Crippen LogP contribution in [0, 0.1) is 5.92 Å². The summed E-state index contributed by atoms with van der Waals surface area (Å²) in [5.41, 5.74) is 0. The molecule has 0 aromatic rings. The number of hydrogen-bond acceptors (Lipinski definition) is 7. The smallest absolute Gasteiger partial charge is 0.462 e. The first kappa shape index (κ1) is 49.0. The minimum Gasteiger partial charge on any atom is -0.462 e. The van der Waals surface area contributed by atoms with E-state index in [9.17, 15) is 19.3 Å². The van der Waals surface area contributed by atoms with Crippen LogP contribution in [0.15, 0.2) is 48.6 Å². The Morgan fingerprint density at radius 1 is 0.608 bits per heavy atom. The number of aliphatic hydroxyl groups excluding tert-OH is 1. The largest absolute Gasteiger partial charge is 0.469 e. The number of rotatable bonds is 35. The Kier molecular flexibility index (Phi) is 33.6. The summed E-state index contributed by atoms with van der Waals surface area (Å²) in [6, 6.07) is 0. The molecule has 0 saturated carbocycles. The first-order valence-electron chi connectivity index (χ1n) is 19.9. The second kappa shape index (κ2) is 35.0. The summed E-state index contributed by atoms with van der Waals surface area (Å²) in [6.07, 6.45) is 37.8. The van der Waals surface area contributed by atoms with Crippen molar-refractivity contribution in [1.82, 2.24) is 0 Å². The number of aliphatic hydroxyl groups is 1. The molecule has 0 heterocycles. The fourth-order valence-electron chi connectivity index (χ4n) is 5.29. The Bertz CT molecular complexity index is 999. The number of carbonyl (C=O) groups is 2. The molecule has 0 spiro atoms. The maximum Gasteiger partial charge on any atom is 0.469 e. The van der Waals surface area contributed by atoms with Crippen molar-refractivity contribution in [1.29, 1.82) is 0 Å². The van der Waals surface area contributed by atoms with Gasteiger partial charge < -0.3 is 24.4 Å². The molecule has 0 amide bonds. The molecule has 0 radical (unpaired) electrons. The first-order chi connectivity index (χ1) is 24.5. The number of phosphoric acid groups is 1. The van der Waals surface area contributed by atoms with Crippen molar-refractivity contribution in [3.05, 3.63) is 48.6 Å². The van der Waals surface area contributed by atoms with Crippen molar-refractivity contribution in [2.45, 2.75) is 181 Å². The molecule has 51 heavy (non-hydrogen) atoms. The van der Waals surface area contributed by atoms with Crippen LogP contribution < -0.4 is 0 Å². The van der Waals surface area contributed by atoms with Gasteiger partial charge in [-0.05, 0) is 63.7 Å². The average Bonchev–Trinajstić information content (AvgIpc) is 3.08. The van der Waals surface area contributed by atoms with Gasteiger partial charge in [0.2, 0.25) is 0 Å². The number of unbranched alkanes of at least 4 members (excludes halogenated alkanes) is 12. The topological polar surface area (TPSA) is 140 Å². The standard InChI is InChI=1S/C41H73O9P/c1-4-38(42)32-28-24-20-16-12-7-5-6-8-14-18-22-26-30-34-41(44)50-39(36-49-51(45,46)47)35-48-40(43)33-29-25-21-17-13-10-9-11-15-19-23-27-31-37(2)3/h6-8,12,18,20,22,24,37-39,42H,4-5,9-11,13-17,19,21,23,25-36H2,1-3H3,(H2,45,46,47)/b8-6-,12-7-,22-18-,24-20-/t38-,39-/m1/s1. The Morgan fingerprint density at radius 2 is 1.08 bits per heavy atom. The number of ether oxygens (including phenoxy) is 2. The van der Waals surface area contributed by atoms with Crippen LogP contribution >= 0.6 is 7.82 Å². The Labute approximate surface area is 310 Å². The molecule has 2 atom stereocenters. The predicted molar refractivity (Wildman–Crippen MR) is 208 cm³/mol. The van der Waals surface area contributed by atoms with Gasteiger partial charge in [0.05, 0.1) is 12.7 Å². The van der Waals surface area contributed by atoms with Gasteiger partial charge in [0.1, 0.15) is 6.61 Å². The molecular weight excluding hydrogens is 667 g/mol. The number of phosphoric ester groups is 1. The highest BCUT2D eigenvalue weighted by Crippen LogP contribution is 2.36. The summed E-state index contributed by atoms with van der Waals surface area (Å²) in [7, 11) is -4.77. The summed E-state index contributed by atoms with van der Waals surface area (Å²) < 4.78 is 26.3. The number of allylic oxidation sites excluding steroid dienone is 8. The summed E-state index contributed by atoms with van der Waals surface area (Å²) in [6.45, 7) is 5.68. The first-order valence-corrected chi connectivity index (χ1v) is 21.4. The fourth-order valence-corrected chi connectivity index (χ4v) is 5.66. The third kappa shape index (κ3) is 39.0. The summed E-state index contributed by atoms with van der Waals surface area (Å²) >= 11 is 0. The van der Waals surface area contributed by atoms with E-state index < -0.39 is 32.5 Å². The van der Waals surface area contributed by atoms with Crippen molar-refractivity contribution in [3.63, 3.8) is 0 Å². The van der Waals surface area contributed by atoms with E-state index in [0.717, 1.165) is 57.3 Å². The van der Waals surface area contributed by atoms with Crippen LogP contribution in [-0.4, -0.2) is 52.3 Å². The van der Waals surface area contributed by atoms with Crippen molar-refractivity contribution in [2.75, 3.05) is 13.2 Å². The summed E-state index contributed by atoms with van der Waals surface area (Å²) in [4.78, 5) is 42.7. The third-order valence-corrected chi connectivity index (χ3v) is 8.93. The van der Waals surface area contributed by atoms with E-state index in [0.29, 0.717) is 19.3 Å². The molecule has 0 aliphatic rings. The SMILES string of the molecule is CC[C@@H](O)CC/C=C\C/C=C\C/C=C\C/C=C\CCCC(=O)O[C@H](COC(=O)CCCCCCCCCCCCCCC(C)C)COP(=O)(O)O. The minimum atomic E-state index is -4.77. The molecule has 0 bridgehead atoms. The van der Waals surface area contributed by atoms with Gasteiger partial charge in [0, 0.05) is 12.8 Å². The third-order valence-electron chi connectivity index (χ3n) is 8.44. The molecular formula is C41H73O9P. The molecule has 0 aliphatic heterocycles. The maximum atomic E-state index is 12.4. The van der Waals surface area contributed by atoms with E-state index in [2.05, 4.69) is 54.8 Å². The highest BCUT2D eigenvalue weighted by atomic mass is 31.2. The number of hydrogen-bond donors (Lipinski definition) is 3. The number of esters is 2. The van der Waals surface area contributed by atoms with Crippen LogP contribution in [0.1, 0.15) is 168 Å². The maximum absolute atomic E-state index is 12.4. The van der Waals surface area contributed by atoms with Crippen molar-refractivity contribution >= 4 is 19.8 Å². The van der Waals surface area contributed by atoms with Crippen molar-refractivity contribution in [2.24, 2.45) is 5.92 Å². The Balaban J connectivity index is 4.06. The minimum absolute atomic E-state index is 0.122. The molecule has 3 N–H and O–H groups in total. The summed E-state index contributed by atoms with van der Waals surface area (Å²) in [5, 5.41) is 9.53. The second-order valence-corrected chi connectivity index (χ2v) is 15.1. The summed E-state index contributed by atoms with van der Waals surface area (Å²) in [5.74, 6) is -0.156. The van der Waals surface area contributed by atoms with Gasteiger partial charge in [-0.15, -0.1) is 0 Å². The van der Waals surface area contributed by atoms with Gasteiger partial charge in [0.15, 0.2) is 6.10 Å². The molecule has 0 aliphatic carbocycles. The molecule has 9 nitrogen and oxygen atoms in total. The van der Waals surface area contributed by atoms with Crippen molar-refractivity contribution in [3.8, 4) is 0 Å². The van der Waals surface area contributed by atoms with Gasteiger partial charge in [0.25, 0.3) is 0 Å². The monoisotopic (exact) mass is 740 g/mol. The van der Waals surface area contributed by atoms with E-state index in [1.807, 2.05) is 19.1 Å². The van der Waals surface area contributed by atoms with E-state index in [4.69, 9.17) is 19.3 Å². The second-order valence-electron chi connectivity index (χ2n) is 13.9. The van der Waals surface area contributed by atoms with Crippen molar-refractivity contribution < 1.29 is 43.0 Å². The zero-order valence-corrected chi connectivity index (χ0v) is 33.2. The van der Waals surface area contributed by atoms with Gasteiger partial charge in [-0.3, -0.25) is 14.1 Å². The van der Waals surface area contributed by atoms with E-state index in [1.54, 1.807) is 0 Å². The van der Waals surface area contributed by atoms with Gasteiger partial charge in [-0.25, -0.2) is 4.57 Å². The normalized spacial score (nSPS) is 13.7. The fraction of sp³-hybridized carbons (Fsp3) is 0.756. The van der Waals surface area contributed by atoms with Crippen LogP contribution in [-0.2, 0) is 28.2 Å². The lowest BCUT2D eigenvalue weighted by Gasteiger charge is -2.18. The zero-order chi connectivity index (χ0) is 37.8. The molecule has 0 fully saturated rings. The van der Waals surface area contributed by atoms with Crippen LogP contribution in [0.2, 0.25) is 0 Å². The molecule has 10 heteroatoms. The van der Waals surface area contributed by atoms with Gasteiger partial charge in [-0.1, -0.05) is 146 Å². The van der Waals surface area contributed by atoms with E-state index >= 15 is 0 Å². The lowest BCUT2D eigenvalue weighted by atomic mass is 10.0. The molecule has 0 rings (SSSR count). The van der Waals surface area contributed by atoms with Crippen LogP contribution in [0.5, 0.6) is 0 Å². The highest BCUT2D eigenvalue weighted by molar-refractivity contribution is 7.46. The van der Waals surface area contributed by atoms with Gasteiger partial charge in [-0.2, -0.15) is 0 Å². The lowest BCUT2D eigenvalue weighted by Crippen LogP contribution is -2.29. The average molecular weight is 741 g/mol. The van der Waals surface area contributed by atoms with Gasteiger partial charge >= 0.3 is 19.8 Å². The molecule has 296 valence electrons. The quantitative estimate of drug-likeness (QED) is 0.0251. The lowest BCUT2D eigenvalue weighted by molar-refractivity contribution is -0.161. The highest BCUT2D eigenvalue weighted by Gasteiger charge is 2.22. The molecule has 0 unspecified atom stereocenters. The predicted octanol–water partition coefficient (Wildman–Crippen LogP) is 10.8. The van der Waals surface area contributed by atoms with E-state index in [-0.39, 0.29) is 25.6 Å². The van der Waals surface area contributed by atoms with Crippen LogP contribution in [0.3, 0.4) is 0 Å². The molecule has 0 aromatic heterocycles. The Morgan fingerprint density at radius 3 is 1.59 bits per heavy atom. The molecule has 0 saturated heterocycles. The Hall–Kier alpha value is -2.03. The van der Waals surface area contributed by atoms with Crippen LogP contribution in [0.4, 0.5) is 0 Å². The number of carbonyl (C=O) groups excluding carboxylic acids is 2. The van der Waals surface area contributed by atoms with Crippen LogP contribution in [0.25, 0.3) is 0 Å².